The Morgan fingerprint density at radius 2 is 1.47 bits per heavy atom. The summed E-state index contributed by atoms with van der Waals surface area (Å²) in [6.07, 6.45) is 5.62. The number of aromatic nitrogens is 2. The van der Waals surface area contributed by atoms with E-state index < -0.39 is 0 Å². The summed E-state index contributed by atoms with van der Waals surface area (Å²) in [4.78, 5) is 7.59. The highest BCUT2D eigenvalue weighted by atomic mass is 35.5. The van der Waals surface area contributed by atoms with Gasteiger partial charge in [0.1, 0.15) is 0 Å². The Labute approximate surface area is 199 Å². The molecule has 0 aliphatic carbocycles. The van der Waals surface area contributed by atoms with Gasteiger partial charge in [0, 0.05) is 38.6 Å². The van der Waals surface area contributed by atoms with Crippen molar-refractivity contribution < 1.29 is 0 Å². The van der Waals surface area contributed by atoms with Crippen LogP contribution in [0, 0.1) is 0 Å². The molecular formula is C23H17Cl3N2S2. The van der Waals surface area contributed by atoms with Crippen LogP contribution in [0.2, 0.25) is 15.1 Å². The van der Waals surface area contributed by atoms with Crippen LogP contribution >= 0.6 is 58.3 Å². The summed E-state index contributed by atoms with van der Waals surface area (Å²) >= 11 is 21.8. The van der Waals surface area contributed by atoms with Gasteiger partial charge in [0.05, 0.1) is 21.6 Å². The van der Waals surface area contributed by atoms with Gasteiger partial charge in [-0.1, -0.05) is 58.7 Å². The van der Waals surface area contributed by atoms with E-state index in [1.54, 1.807) is 29.7 Å². The van der Waals surface area contributed by atoms with Gasteiger partial charge in [0.25, 0.3) is 0 Å². The summed E-state index contributed by atoms with van der Waals surface area (Å²) in [5, 5.41) is 2.08. The zero-order valence-corrected chi connectivity index (χ0v) is 19.6. The normalized spacial score (nSPS) is 12.1. The number of nitrogens with zero attached hydrogens (tertiary/aromatic N) is 2. The lowest BCUT2D eigenvalue weighted by atomic mass is 10.1. The number of imidazole rings is 1. The van der Waals surface area contributed by atoms with E-state index in [4.69, 9.17) is 34.8 Å². The lowest BCUT2D eigenvalue weighted by Gasteiger charge is -2.18. The van der Waals surface area contributed by atoms with Crippen molar-refractivity contribution in [2.24, 2.45) is 0 Å². The molecule has 7 heteroatoms. The van der Waals surface area contributed by atoms with Crippen LogP contribution < -0.4 is 0 Å². The molecule has 0 saturated heterocycles. The lowest BCUT2D eigenvalue weighted by Crippen LogP contribution is -2.05. The van der Waals surface area contributed by atoms with E-state index in [9.17, 15) is 0 Å². The van der Waals surface area contributed by atoms with Crippen molar-refractivity contribution in [3.63, 3.8) is 0 Å². The first-order valence-corrected chi connectivity index (χ1v) is 12.0. The molecule has 1 atom stereocenters. The quantitative estimate of drug-likeness (QED) is 0.241. The fourth-order valence-electron chi connectivity index (χ4n) is 2.90. The second kappa shape index (κ2) is 10.2. The van der Waals surface area contributed by atoms with Crippen LogP contribution in [0.3, 0.4) is 0 Å². The molecule has 1 aromatic heterocycles. The van der Waals surface area contributed by atoms with Crippen molar-refractivity contribution in [1.29, 1.82) is 0 Å². The zero-order chi connectivity index (χ0) is 20.9. The van der Waals surface area contributed by atoms with E-state index >= 15 is 0 Å². The maximum atomic E-state index is 6.22. The molecule has 0 radical (unpaired) electrons. The summed E-state index contributed by atoms with van der Waals surface area (Å²) in [7, 11) is 0. The molecule has 3 aromatic carbocycles. The Balaban J connectivity index is 1.54. The van der Waals surface area contributed by atoms with Crippen LogP contribution in [0.1, 0.15) is 10.8 Å². The van der Waals surface area contributed by atoms with E-state index in [1.165, 1.54) is 10.5 Å². The first-order chi connectivity index (χ1) is 14.6. The van der Waals surface area contributed by atoms with Crippen LogP contribution in [0.15, 0.2) is 100 Å². The molecule has 30 heavy (non-hydrogen) atoms. The third-order valence-electron chi connectivity index (χ3n) is 4.41. The molecule has 2 nitrogen and oxygen atoms in total. The Morgan fingerprint density at radius 1 is 0.800 bits per heavy atom. The average molecular weight is 492 g/mol. The minimum Gasteiger partial charge on any atom is -0.336 e. The second-order valence-corrected chi connectivity index (χ2v) is 10.2. The summed E-state index contributed by atoms with van der Waals surface area (Å²) < 4.78 is 2.09. The lowest BCUT2D eigenvalue weighted by molar-refractivity contribution is 0.683. The topological polar surface area (TPSA) is 17.8 Å². The van der Waals surface area contributed by atoms with Crippen molar-refractivity contribution in [3.05, 3.63) is 106 Å². The Bertz CT molecular complexity index is 1100. The smallest absolute Gasteiger partial charge is 0.0946 e. The van der Waals surface area contributed by atoms with E-state index in [0.29, 0.717) is 10.0 Å². The largest absolute Gasteiger partial charge is 0.336 e. The number of halogens is 3. The summed E-state index contributed by atoms with van der Waals surface area (Å²) in [5.74, 6) is 0. The zero-order valence-electron chi connectivity index (χ0n) is 15.7. The van der Waals surface area contributed by atoms with Gasteiger partial charge < -0.3 is 4.57 Å². The van der Waals surface area contributed by atoms with Gasteiger partial charge in [-0.25, -0.2) is 4.98 Å². The van der Waals surface area contributed by atoms with Gasteiger partial charge in [-0.15, -0.1) is 11.8 Å². The molecule has 4 aromatic rings. The van der Waals surface area contributed by atoms with Crippen LogP contribution in [0.5, 0.6) is 0 Å². The highest BCUT2D eigenvalue weighted by Crippen LogP contribution is 2.39. The van der Waals surface area contributed by atoms with Crippen LogP contribution in [0.4, 0.5) is 0 Å². The number of rotatable bonds is 7. The molecule has 1 heterocycles. The van der Waals surface area contributed by atoms with Gasteiger partial charge >= 0.3 is 0 Å². The molecular weight excluding hydrogens is 475 g/mol. The second-order valence-electron chi connectivity index (χ2n) is 6.57. The molecule has 1 unspecified atom stereocenters. The van der Waals surface area contributed by atoms with Gasteiger partial charge in [-0.3, -0.25) is 0 Å². The third-order valence-corrected chi connectivity index (χ3v) is 7.65. The van der Waals surface area contributed by atoms with E-state index in [0.717, 1.165) is 21.4 Å². The monoisotopic (exact) mass is 490 g/mol. The summed E-state index contributed by atoms with van der Waals surface area (Å²) in [6.45, 7) is 0.800. The molecule has 0 N–H and O–H groups in total. The fourth-order valence-corrected chi connectivity index (χ4v) is 5.41. The van der Waals surface area contributed by atoms with Gasteiger partial charge in [-0.2, -0.15) is 0 Å². The minimum absolute atomic E-state index is 0.200. The number of hydrogen-bond donors (Lipinski definition) is 0. The third kappa shape index (κ3) is 5.77. The van der Waals surface area contributed by atoms with Crippen molar-refractivity contribution in [2.75, 3.05) is 0 Å². The maximum absolute atomic E-state index is 6.22. The predicted octanol–water partition coefficient (Wildman–Crippen LogP) is 8.53. The van der Waals surface area contributed by atoms with Crippen molar-refractivity contribution in [1.82, 2.24) is 9.55 Å². The maximum Gasteiger partial charge on any atom is 0.0946 e. The van der Waals surface area contributed by atoms with E-state index in [-0.39, 0.29) is 5.25 Å². The highest BCUT2D eigenvalue weighted by molar-refractivity contribution is 7.99. The highest BCUT2D eigenvalue weighted by Gasteiger charge is 2.15. The van der Waals surface area contributed by atoms with Crippen LogP contribution in [0.25, 0.3) is 0 Å². The molecule has 152 valence electrons. The first kappa shape index (κ1) is 21.7. The number of benzene rings is 3. The van der Waals surface area contributed by atoms with Crippen LogP contribution in [-0.4, -0.2) is 9.55 Å². The standard InChI is InChI=1S/C23H17Cl3N2S2/c24-17-3-7-19(8-4-17)29-18-5-1-16(2-6-18)23(14-28-12-11-27-15-28)30-20-9-10-21(25)22(26)13-20/h1-13,15,23H,14H2. The Morgan fingerprint density at radius 3 is 2.10 bits per heavy atom. The van der Waals surface area contributed by atoms with E-state index in [2.05, 4.69) is 33.8 Å². The molecule has 4 rings (SSSR count). The molecule has 0 spiro atoms. The molecule has 0 fully saturated rings. The fraction of sp³-hybridized carbons (Fsp3) is 0.0870. The van der Waals surface area contributed by atoms with Crippen molar-refractivity contribution in [2.45, 2.75) is 26.5 Å². The molecule has 0 bridgehead atoms. The summed E-state index contributed by atoms with van der Waals surface area (Å²) in [6, 6.07) is 22.3. The van der Waals surface area contributed by atoms with Crippen molar-refractivity contribution in [3.8, 4) is 0 Å². The molecule has 0 aliphatic rings. The van der Waals surface area contributed by atoms with Crippen LogP contribution in [-0.2, 0) is 6.54 Å². The van der Waals surface area contributed by atoms with Crippen molar-refractivity contribution >= 4 is 58.3 Å². The predicted molar refractivity (Wildman–Crippen MR) is 129 cm³/mol. The van der Waals surface area contributed by atoms with Gasteiger partial charge in [0.2, 0.25) is 0 Å². The molecule has 0 amide bonds. The SMILES string of the molecule is Clc1ccc(Sc2ccc(C(Cn3ccnc3)Sc3ccc(Cl)c(Cl)c3)cc2)cc1. The molecule has 0 aliphatic heterocycles. The summed E-state index contributed by atoms with van der Waals surface area (Å²) in [5.41, 5.74) is 1.24. The van der Waals surface area contributed by atoms with E-state index in [1.807, 2.05) is 55.0 Å². The Hall–Kier alpha value is -1.56. The minimum atomic E-state index is 0.200. The average Bonchev–Trinajstić information content (AvgIpc) is 3.26. The van der Waals surface area contributed by atoms with Gasteiger partial charge in [0.15, 0.2) is 0 Å². The van der Waals surface area contributed by atoms with Gasteiger partial charge in [-0.05, 0) is 60.2 Å². The first-order valence-electron chi connectivity index (χ1n) is 9.18. The number of hydrogen-bond acceptors (Lipinski definition) is 3. The molecule has 0 saturated carbocycles. The number of thioether (sulfide) groups is 1. The Kier molecular flexibility index (Phi) is 7.34.